The van der Waals surface area contributed by atoms with Gasteiger partial charge >= 0.3 is 0 Å². The maximum Gasteiger partial charge on any atom is 0.149 e. The Morgan fingerprint density at radius 3 is 2.75 bits per heavy atom. The molecule has 0 aliphatic heterocycles. The Hall–Kier alpha value is -1.49. The van der Waals surface area contributed by atoms with Gasteiger partial charge in [0, 0.05) is 24.4 Å². The summed E-state index contributed by atoms with van der Waals surface area (Å²) < 4.78 is 24.0. The van der Waals surface area contributed by atoms with Crippen molar-refractivity contribution >= 4 is 20.7 Å². The molecule has 86 valence electrons. The molecule has 0 atom stereocenters. The lowest BCUT2D eigenvalue weighted by molar-refractivity contribution is 0.481. The molecule has 2 aromatic rings. The summed E-state index contributed by atoms with van der Waals surface area (Å²) in [6.45, 7) is 0.409. The van der Waals surface area contributed by atoms with Crippen LogP contribution in [0.3, 0.4) is 0 Å². The van der Waals surface area contributed by atoms with E-state index in [4.69, 9.17) is 0 Å². The average molecular weight is 239 g/mol. The van der Waals surface area contributed by atoms with Crippen molar-refractivity contribution in [3.63, 3.8) is 0 Å². The minimum Gasteiger partial charge on any atom is -0.507 e. The minimum atomic E-state index is -2.96. The van der Waals surface area contributed by atoms with Crippen molar-refractivity contribution in [2.75, 3.05) is 12.0 Å². The number of hydrogen-bond donors (Lipinski definition) is 1. The molecule has 0 aliphatic carbocycles. The molecular formula is C11H13NO3S. The van der Waals surface area contributed by atoms with E-state index >= 15 is 0 Å². The number of fused-ring (bicyclic) bond motifs is 1. The second-order valence-electron chi connectivity index (χ2n) is 3.85. The van der Waals surface area contributed by atoms with Crippen LogP contribution in [0.1, 0.15) is 0 Å². The summed E-state index contributed by atoms with van der Waals surface area (Å²) >= 11 is 0. The quantitative estimate of drug-likeness (QED) is 0.880. The van der Waals surface area contributed by atoms with Crippen LogP contribution in [0.25, 0.3) is 10.9 Å². The predicted molar refractivity (Wildman–Crippen MR) is 63.3 cm³/mol. The normalized spacial score (nSPS) is 12.1. The van der Waals surface area contributed by atoms with Gasteiger partial charge in [-0.05, 0) is 18.2 Å². The van der Waals surface area contributed by atoms with Gasteiger partial charge in [0.1, 0.15) is 15.6 Å². The van der Waals surface area contributed by atoms with Crippen molar-refractivity contribution in [2.24, 2.45) is 0 Å². The van der Waals surface area contributed by atoms with Gasteiger partial charge in [-0.15, -0.1) is 0 Å². The molecule has 0 fully saturated rings. The lowest BCUT2D eigenvalue weighted by Crippen LogP contribution is -2.10. The third-order valence-corrected chi connectivity index (χ3v) is 3.42. The van der Waals surface area contributed by atoms with E-state index in [2.05, 4.69) is 0 Å². The summed E-state index contributed by atoms with van der Waals surface area (Å²) in [6.07, 6.45) is 3.01. The molecule has 1 aromatic carbocycles. The summed E-state index contributed by atoms with van der Waals surface area (Å²) in [7, 11) is -2.96. The highest BCUT2D eigenvalue weighted by molar-refractivity contribution is 7.90. The number of phenols is 1. The molecule has 0 bridgehead atoms. The first-order valence-corrected chi connectivity index (χ1v) is 6.98. The van der Waals surface area contributed by atoms with Gasteiger partial charge in [-0.3, -0.25) is 0 Å². The maximum atomic E-state index is 11.1. The zero-order valence-corrected chi connectivity index (χ0v) is 9.74. The molecule has 0 spiro atoms. The van der Waals surface area contributed by atoms with Crippen LogP contribution in [0.4, 0.5) is 0 Å². The van der Waals surface area contributed by atoms with E-state index in [1.165, 1.54) is 6.26 Å². The molecule has 0 unspecified atom stereocenters. The summed E-state index contributed by atoms with van der Waals surface area (Å²) in [6, 6.07) is 7.00. The molecule has 1 N–H and O–H groups in total. The average Bonchev–Trinajstić information content (AvgIpc) is 2.58. The summed E-state index contributed by atoms with van der Waals surface area (Å²) in [5.74, 6) is 0.322. The van der Waals surface area contributed by atoms with E-state index in [0.29, 0.717) is 6.54 Å². The van der Waals surface area contributed by atoms with Gasteiger partial charge in [-0.1, -0.05) is 6.07 Å². The Balaban J connectivity index is 2.36. The van der Waals surface area contributed by atoms with E-state index < -0.39 is 9.84 Å². The molecule has 1 heterocycles. The topological polar surface area (TPSA) is 59.3 Å². The zero-order chi connectivity index (χ0) is 11.8. The SMILES string of the molecule is CS(=O)(=O)CCn1ccc2c(O)cccc21. The molecule has 0 aliphatic rings. The van der Waals surface area contributed by atoms with Crippen molar-refractivity contribution in [1.29, 1.82) is 0 Å². The molecule has 1 aromatic heterocycles. The Morgan fingerprint density at radius 1 is 1.31 bits per heavy atom. The van der Waals surface area contributed by atoms with Crippen LogP contribution in [-0.2, 0) is 16.4 Å². The molecule has 5 heteroatoms. The number of aryl methyl sites for hydroxylation is 1. The number of nitrogens with zero attached hydrogens (tertiary/aromatic N) is 1. The van der Waals surface area contributed by atoms with Gasteiger partial charge < -0.3 is 9.67 Å². The minimum absolute atomic E-state index is 0.104. The standard InChI is InChI=1S/C11H13NO3S/c1-16(14,15)8-7-12-6-5-9-10(12)3-2-4-11(9)13/h2-6,13H,7-8H2,1H3. The first kappa shape index (κ1) is 11.0. The van der Waals surface area contributed by atoms with E-state index in [9.17, 15) is 13.5 Å². The van der Waals surface area contributed by atoms with Crippen LogP contribution < -0.4 is 0 Å². The van der Waals surface area contributed by atoms with E-state index in [1.54, 1.807) is 24.4 Å². The number of hydrogen-bond acceptors (Lipinski definition) is 3. The highest BCUT2D eigenvalue weighted by atomic mass is 32.2. The van der Waals surface area contributed by atoms with Gasteiger partial charge in [-0.25, -0.2) is 8.42 Å². The number of aromatic hydroxyl groups is 1. The maximum absolute atomic E-state index is 11.1. The Kier molecular flexibility index (Phi) is 2.63. The first-order chi connectivity index (χ1) is 7.47. The number of phenolic OH excluding ortho intramolecular Hbond substituents is 1. The monoisotopic (exact) mass is 239 g/mol. The molecule has 4 nitrogen and oxygen atoms in total. The van der Waals surface area contributed by atoms with Crippen LogP contribution in [0, 0.1) is 0 Å². The molecular weight excluding hydrogens is 226 g/mol. The van der Waals surface area contributed by atoms with Crippen molar-refractivity contribution in [3.05, 3.63) is 30.5 Å². The predicted octanol–water partition coefficient (Wildman–Crippen LogP) is 1.39. The van der Waals surface area contributed by atoms with Gasteiger partial charge in [0.25, 0.3) is 0 Å². The van der Waals surface area contributed by atoms with Gasteiger partial charge in [0.15, 0.2) is 0 Å². The lowest BCUT2D eigenvalue weighted by atomic mass is 10.2. The highest BCUT2D eigenvalue weighted by Crippen LogP contribution is 2.24. The Bertz CT molecular complexity index is 613. The van der Waals surface area contributed by atoms with Gasteiger partial charge in [0.05, 0.1) is 11.3 Å². The fourth-order valence-corrected chi connectivity index (χ4v) is 2.19. The number of sulfone groups is 1. The fourth-order valence-electron chi connectivity index (χ4n) is 1.67. The van der Waals surface area contributed by atoms with Crippen molar-refractivity contribution in [1.82, 2.24) is 4.57 Å². The number of benzene rings is 1. The van der Waals surface area contributed by atoms with Gasteiger partial charge in [0.2, 0.25) is 0 Å². The summed E-state index contributed by atoms with van der Waals surface area (Å²) in [4.78, 5) is 0. The van der Waals surface area contributed by atoms with Crippen molar-refractivity contribution < 1.29 is 13.5 Å². The van der Waals surface area contributed by atoms with E-state index in [-0.39, 0.29) is 11.5 Å². The molecule has 0 saturated carbocycles. The highest BCUT2D eigenvalue weighted by Gasteiger charge is 2.07. The van der Waals surface area contributed by atoms with Gasteiger partial charge in [-0.2, -0.15) is 0 Å². The summed E-state index contributed by atoms with van der Waals surface area (Å²) in [5.41, 5.74) is 0.851. The van der Waals surface area contributed by atoms with Crippen LogP contribution >= 0.6 is 0 Å². The molecule has 2 rings (SSSR count). The molecule has 0 amide bonds. The van der Waals surface area contributed by atoms with Crippen molar-refractivity contribution in [3.8, 4) is 5.75 Å². The number of aromatic nitrogens is 1. The largest absolute Gasteiger partial charge is 0.507 e. The van der Waals surface area contributed by atoms with Crippen LogP contribution in [0.15, 0.2) is 30.5 Å². The van der Waals surface area contributed by atoms with Crippen LogP contribution in [0.2, 0.25) is 0 Å². The molecule has 0 radical (unpaired) electrons. The molecule has 0 saturated heterocycles. The second-order valence-corrected chi connectivity index (χ2v) is 6.11. The van der Waals surface area contributed by atoms with E-state index in [0.717, 1.165) is 10.9 Å². The fraction of sp³-hybridized carbons (Fsp3) is 0.273. The third-order valence-electron chi connectivity index (χ3n) is 2.49. The smallest absolute Gasteiger partial charge is 0.149 e. The Labute approximate surface area is 94.0 Å². The second kappa shape index (κ2) is 3.83. The molecule has 16 heavy (non-hydrogen) atoms. The summed E-state index contributed by atoms with van der Waals surface area (Å²) in [5, 5.41) is 10.3. The first-order valence-electron chi connectivity index (χ1n) is 4.92. The lowest BCUT2D eigenvalue weighted by Gasteiger charge is -2.04. The van der Waals surface area contributed by atoms with E-state index in [1.807, 2.05) is 10.6 Å². The number of rotatable bonds is 3. The van der Waals surface area contributed by atoms with Crippen LogP contribution in [0.5, 0.6) is 5.75 Å². The van der Waals surface area contributed by atoms with Crippen LogP contribution in [-0.4, -0.2) is 30.1 Å². The zero-order valence-electron chi connectivity index (χ0n) is 8.92. The van der Waals surface area contributed by atoms with Crippen molar-refractivity contribution in [2.45, 2.75) is 6.54 Å². The third kappa shape index (κ3) is 2.19. The Morgan fingerprint density at radius 2 is 2.06 bits per heavy atom.